The third-order valence-electron chi connectivity index (χ3n) is 8.88. The predicted molar refractivity (Wildman–Crippen MR) is 147 cm³/mol. The van der Waals surface area contributed by atoms with Crippen molar-refractivity contribution in [2.75, 3.05) is 6.54 Å². The number of benzene rings is 1. The van der Waals surface area contributed by atoms with Crippen LogP contribution in [0.25, 0.3) is 0 Å². The van der Waals surface area contributed by atoms with Gasteiger partial charge in [-0.05, 0) is 104 Å². The first kappa shape index (κ1) is 27.5. The molecule has 1 amide bonds. The van der Waals surface area contributed by atoms with E-state index in [1.165, 1.54) is 37.7 Å². The molecule has 192 valence electrons. The van der Waals surface area contributed by atoms with E-state index in [1.54, 1.807) is 5.57 Å². The van der Waals surface area contributed by atoms with E-state index in [1.807, 2.05) is 44.2 Å². The molecule has 3 fully saturated rings. The summed E-state index contributed by atoms with van der Waals surface area (Å²) in [6.07, 6.45) is 14.6. The molecule has 0 aliphatic heterocycles. The number of hydrogen-bond acceptors (Lipinski definition) is 2. The Morgan fingerprint density at radius 1 is 1.14 bits per heavy atom. The van der Waals surface area contributed by atoms with Crippen LogP contribution in [0.4, 0.5) is 0 Å². The quantitative estimate of drug-likeness (QED) is 0.442. The van der Waals surface area contributed by atoms with Crippen molar-refractivity contribution in [3.8, 4) is 0 Å². The van der Waals surface area contributed by atoms with Gasteiger partial charge in [0.15, 0.2) is 0 Å². The zero-order valence-electron chi connectivity index (χ0n) is 22.5. The first-order chi connectivity index (χ1) is 16.9. The topological polar surface area (TPSA) is 49.3 Å². The maximum atomic E-state index is 12.4. The molecule has 0 saturated heterocycles. The Balaban J connectivity index is 0.00000167. The van der Waals surface area contributed by atoms with Crippen LogP contribution in [0, 0.1) is 23.2 Å². The molecule has 0 spiro atoms. The number of aliphatic hydroxyl groups excluding tert-OH is 1. The minimum Gasteiger partial charge on any atom is -0.388 e. The number of allylic oxidation sites excluding steroid dienone is 3. The summed E-state index contributed by atoms with van der Waals surface area (Å²) in [5.74, 6) is 2.00. The lowest BCUT2D eigenvalue weighted by atomic mass is 9.61. The van der Waals surface area contributed by atoms with Crippen LogP contribution in [0.3, 0.4) is 0 Å². The van der Waals surface area contributed by atoms with Crippen LogP contribution in [0.5, 0.6) is 0 Å². The molecular formula is C32H47NO2. The van der Waals surface area contributed by atoms with Gasteiger partial charge in [-0.2, -0.15) is 0 Å². The molecule has 0 radical (unpaired) electrons. The number of hydrogen-bond donors (Lipinski definition) is 2. The smallest absolute Gasteiger partial charge is 0.251 e. The van der Waals surface area contributed by atoms with Crippen LogP contribution in [-0.2, 0) is 0 Å². The molecule has 5 atom stereocenters. The summed E-state index contributed by atoms with van der Waals surface area (Å²) in [5, 5.41) is 13.3. The lowest BCUT2D eigenvalue weighted by Crippen LogP contribution is -2.37. The molecular weight excluding hydrogens is 430 g/mol. The molecule has 1 aromatic carbocycles. The van der Waals surface area contributed by atoms with E-state index in [0.717, 1.165) is 43.4 Å². The zero-order valence-corrected chi connectivity index (χ0v) is 22.5. The second-order valence-electron chi connectivity index (χ2n) is 10.9. The average molecular weight is 478 g/mol. The second-order valence-corrected chi connectivity index (χ2v) is 10.9. The highest BCUT2D eigenvalue weighted by atomic mass is 16.3. The van der Waals surface area contributed by atoms with E-state index in [0.29, 0.717) is 23.2 Å². The van der Waals surface area contributed by atoms with Crippen molar-refractivity contribution in [3.63, 3.8) is 0 Å². The third kappa shape index (κ3) is 6.36. The maximum Gasteiger partial charge on any atom is 0.251 e. The van der Waals surface area contributed by atoms with Gasteiger partial charge < -0.3 is 10.4 Å². The molecule has 0 bridgehead atoms. The number of aliphatic hydroxyl groups is 1. The summed E-state index contributed by atoms with van der Waals surface area (Å²) in [4.78, 5) is 12.4. The van der Waals surface area contributed by atoms with Gasteiger partial charge in [0.1, 0.15) is 0 Å². The summed E-state index contributed by atoms with van der Waals surface area (Å²) >= 11 is 0. The van der Waals surface area contributed by atoms with Gasteiger partial charge in [0.05, 0.1) is 6.10 Å². The molecule has 4 rings (SSSR count). The Morgan fingerprint density at radius 2 is 1.89 bits per heavy atom. The van der Waals surface area contributed by atoms with Gasteiger partial charge in [0.2, 0.25) is 0 Å². The van der Waals surface area contributed by atoms with E-state index in [2.05, 4.69) is 37.9 Å². The van der Waals surface area contributed by atoms with Crippen molar-refractivity contribution in [1.29, 1.82) is 0 Å². The molecule has 3 aliphatic carbocycles. The fourth-order valence-corrected chi connectivity index (χ4v) is 6.95. The highest BCUT2D eigenvalue weighted by Crippen LogP contribution is 2.59. The summed E-state index contributed by atoms with van der Waals surface area (Å²) in [5.41, 5.74) is 4.87. The van der Waals surface area contributed by atoms with Gasteiger partial charge in [0, 0.05) is 12.1 Å². The van der Waals surface area contributed by atoms with Gasteiger partial charge in [0.25, 0.3) is 5.91 Å². The highest BCUT2D eigenvalue weighted by molar-refractivity contribution is 5.94. The molecule has 3 saturated carbocycles. The average Bonchev–Trinajstić information content (AvgIpc) is 3.24. The highest BCUT2D eigenvalue weighted by Gasteiger charge is 2.50. The van der Waals surface area contributed by atoms with Crippen molar-refractivity contribution in [3.05, 3.63) is 71.3 Å². The normalized spacial score (nSPS) is 31.5. The zero-order chi connectivity index (χ0) is 25.4. The Kier molecular flexibility index (Phi) is 9.98. The number of carbonyl (C=O) groups is 1. The summed E-state index contributed by atoms with van der Waals surface area (Å²) < 4.78 is 0. The molecule has 3 heteroatoms. The number of amides is 1. The molecule has 1 unspecified atom stereocenters. The van der Waals surface area contributed by atoms with Gasteiger partial charge in [-0.3, -0.25) is 4.79 Å². The van der Waals surface area contributed by atoms with Crippen LogP contribution < -0.4 is 5.32 Å². The van der Waals surface area contributed by atoms with Crippen LogP contribution in [0.15, 0.2) is 65.8 Å². The van der Waals surface area contributed by atoms with Gasteiger partial charge >= 0.3 is 0 Å². The summed E-state index contributed by atoms with van der Waals surface area (Å²) in [7, 11) is 0. The number of rotatable bonds is 6. The molecule has 3 aliphatic rings. The molecule has 3 nitrogen and oxygen atoms in total. The molecule has 2 N–H and O–H groups in total. The van der Waals surface area contributed by atoms with Crippen LogP contribution >= 0.6 is 0 Å². The lowest BCUT2D eigenvalue weighted by molar-refractivity contribution is 0.0893. The van der Waals surface area contributed by atoms with Crippen LogP contribution in [0.2, 0.25) is 0 Å². The summed E-state index contributed by atoms with van der Waals surface area (Å²) in [6.45, 7) is 13.8. The standard InChI is InChI=1S/C30H41NO2.C2H6/c1-21(18-20-31-29(33)25-9-5-4-6-10-25)26-16-17-27-24(12-8-19-30(26,27)3)15-14-23-11-7-13-28(32)22(23)2;1-2/h4-6,9-10,14-15,21,26-28,32H,2,7-8,11-13,16-20H2,1,3H3,(H,31,33);1-2H3/b23-14-,24-15+;/t21-,26-,27+,28?,30-;/m1./s1. The van der Waals surface area contributed by atoms with Crippen LogP contribution in [-0.4, -0.2) is 23.7 Å². The second kappa shape index (κ2) is 12.7. The Bertz CT molecular complexity index is 915. The van der Waals surface area contributed by atoms with Gasteiger partial charge in [-0.1, -0.05) is 70.2 Å². The molecule has 1 aromatic rings. The van der Waals surface area contributed by atoms with Crippen molar-refractivity contribution < 1.29 is 9.90 Å². The molecule has 0 aromatic heterocycles. The van der Waals surface area contributed by atoms with Crippen LogP contribution in [0.1, 0.15) is 95.8 Å². The first-order valence-electron chi connectivity index (χ1n) is 14.0. The maximum absolute atomic E-state index is 12.4. The summed E-state index contributed by atoms with van der Waals surface area (Å²) in [6, 6.07) is 9.50. The molecule has 35 heavy (non-hydrogen) atoms. The lowest BCUT2D eigenvalue weighted by Gasteiger charge is -2.44. The third-order valence-corrected chi connectivity index (χ3v) is 8.88. The fraction of sp³-hybridized carbons (Fsp3) is 0.594. The first-order valence-corrected chi connectivity index (χ1v) is 14.0. The Labute approximate surface area is 213 Å². The van der Waals surface area contributed by atoms with Crippen molar-refractivity contribution in [2.45, 2.75) is 91.6 Å². The van der Waals surface area contributed by atoms with Crippen molar-refractivity contribution in [2.24, 2.45) is 23.2 Å². The van der Waals surface area contributed by atoms with Gasteiger partial charge in [-0.25, -0.2) is 0 Å². The number of fused-ring (bicyclic) bond motifs is 1. The molecule has 0 heterocycles. The number of carbonyl (C=O) groups excluding carboxylic acids is 1. The van der Waals surface area contributed by atoms with E-state index in [9.17, 15) is 9.90 Å². The minimum absolute atomic E-state index is 0.0312. The fourth-order valence-electron chi connectivity index (χ4n) is 6.95. The van der Waals surface area contributed by atoms with E-state index in [-0.39, 0.29) is 12.0 Å². The van der Waals surface area contributed by atoms with E-state index < -0.39 is 0 Å². The number of nitrogens with one attached hydrogen (secondary N) is 1. The minimum atomic E-state index is -0.362. The van der Waals surface area contributed by atoms with E-state index in [4.69, 9.17) is 0 Å². The van der Waals surface area contributed by atoms with Crippen molar-refractivity contribution >= 4 is 5.91 Å². The monoisotopic (exact) mass is 477 g/mol. The SMILES string of the molecule is C=C1/C(=C\C=C2/CCC[C@]3(C)[C@@H]([C@H](C)CCNC(=O)c4ccccc4)CC[C@@H]23)CCCC1O.CC. The Hall–Kier alpha value is -2.13. The van der Waals surface area contributed by atoms with Gasteiger partial charge in [-0.15, -0.1) is 0 Å². The van der Waals surface area contributed by atoms with Crippen molar-refractivity contribution in [1.82, 2.24) is 5.32 Å². The predicted octanol–water partition coefficient (Wildman–Crippen LogP) is 7.64. The largest absolute Gasteiger partial charge is 0.388 e. The van der Waals surface area contributed by atoms with E-state index >= 15 is 0 Å². The Morgan fingerprint density at radius 3 is 2.63 bits per heavy atom.